The van der Waals surface area contributed by atoms with Gasteiger partial charge in [-0.2, -0.15) is 0 Å². The number of piperazine rings is 1. The first-order valence-electron chi connectivity index (χ1n) is 9.85. The first-order valence-corrected chi connectivity index (χ1v) is 9.85. The van der Waals surface area contributed by atoms with Crippen LogP contribution in [0.2, 0.25) is 0 Å². The molecule has 146 valence electrons. The number of ether oxygens (including phenoxy) is 1. The molecule has 1 aliphatic rings. The van der Waals surface area contributed by atoms with Crippen LogP contribution in [0.5, 0.6) is 5.75 Å². The topological polar surface area (TPSA) is 59.4 Å². The Balaban J connectivity index is 1.92. The van der Waals surface area contributed by atoms with Crippen molar-refractivity contribution >= 4 is 10.9 Å². The van der Waals surface area contributed by atoms with E-state index in [1.807, 2.05) is 56.3 Å². The summed E-state index contributed by atoms with van der Waals surface area (Å²) in [4.78, 5) is 20.7. The van der Waals surface area contributed by atoms with E-state index in [1.165, 1.54) is 0 Å². The Kier molecular flexibility index (Phi) is 5.41. The standard InChI is InChI=1S/C22H26N4O2/c1-3-28-20-7-5-4-6-19(20)26-21(15-25-12-10-23-11-13-25)24-18-14-16(2)8-9-17(18)22(26)27/h4-9,14,23H,3,10-13,15H2,1-2H3. The second-order valence-electron chi connectivity index (χ2n) is 7.12. The third-order valence-electron chi connectivity index (χ3n) is 5.07. The molecule has 1 aromatic heterocycles. The average Bonchev–Trinajstić information content (AvgIpc) is 2.70. The molecular weight excluding hydrogens is 352 g/mol. The van der Waals surface area contributed by atoms with Crippen LogP contribution in [0.15, 0.2) is 47.3 Å². The van der Waals surface area contributed by atoms with Crippen molar-refractivity contribution in [3.8, 4) is 11.4 Å². The number of aromatic nitrogens is 2. The van der Waals surface area contributed by atoms with E-state index in [9.17, 15) is 4.79 Å². The van der Waals surface area contributed by atoms with E-state index in [2.05, 4.69) is 10.2 Å². The Morgan fingerprint density at radius 1 is 1.14 bits per heavy atom. The highest BCUT2D eigenvalue weighted by molar-refractivity contribution is 5.79. The lowest BCUT2D eigenvalue weighted by Crippen LogP contribution is -2.44. The molecule has 1 aliphatic heterocycles. The summed E-state index contributed by atoms with van der Waals surface area (Å²) >= 11 is 0. The second kappa shape index (κ2) is 8.12. The van der Waals surface area contributed by atoms with Crippen molar-refractivity contribution in [3.05, 3.63) is 64.2 Å². The monoisotopic (exact) mass is 378 g/mol. The molecule has 28 heavy (non-hydrogen) atoms. The SMILES string of the molecule is CCOc1ccccc1-n1c(CN2CCNCC2)nc2cc(C)ccc2c1=O. The van der Waals surface area contributed by atoms with Crippen LogP contribution in [0.25, 0.3) is 16.6 Å². The molecule has 2 heterocycles. The van der Waals surface area contributed by atoms with E-state index >= 15 is 0 Å². The highest BCUT2D eigenvalue weighted by atomic mass is 16.5. The largest absolute Gasteiger partial charge is 0.492 e. The summed E-state index contributed by atoms with van der Waals surface area (Å²) in [6.07, 6.45) is 0. The Morgan fingerprint density at radius 3 is 2.71 bits per heavy atom. The van der Waals surface area contributed by atoms with Crippen molar-refractivity contribution in [1.29, 1.82) is 0 Å². The summed E-state index contributed by atoms with van der Waals surface area (Å²) in [6, 6.07) is 13.5. The fourth-order valence-electron chi connectivity index (χ4n) is 3.68. The number of hydrogen-bond acceptors (Lipinski definition) is 5. The normalized spacial score (nSPS) is 15.1. The number of nitrogens with zero attached hydrogens (tertiary/aromatic N) is 3. The minimum absolute atomic E-state index is 0.0534. The molecule has 0 unspecified atom stereocenters. The van der Waals surface area contributed by atoms with Gasteiger partial charge in [-0.05, 0) is 43.7 Å². The quantitative estimate of drug-likeness (QED) is 0.739. The van der Waals surface area contributed by atoms with Crippen LogP contribution in [0.1, 0.15) is 18.3 Å². The first kappa shape index (κ1) is 18.7. The van der Waals surface area contributed by atoms with E-state index in [0.29, 0.717) is 24.3 Å². The molecule has 0 saturated carbocycles. The van der Waals surface area contributed by atoms with Gasteiger partial charge in [0.1, 0.15) is 11.6 Å². The lowest BCUT2D eigenvalue weighted by Gasteiger charge is -2.28. The number of para-hydroxylation sites is 2. The van der Waals surface area contributed by atoms with E-state index < -0.39 is 0 Å². The molecule has 0 atom stereocenters. The van der Waals surface area contributed by atoms with Crippen molar-refractivity contribution in [2.45, 2.75) is 20.4 Å². The maximum absolute atomic E-state index is 13.5. The van der Waals surface area contributed by atoms with E-state index in [-0.39, 0.29) is 5.56 Å². The van der Waals surface area contributed by atoms with Crippen LogP contribution in [-0.4, -0.2) is 47.2 Å². The molecule has 0 aliphatic carbocycles. The van der Waals surface area contributed by atoms with Crippen LogP contribution in [-0.2, 0) is 6.54 Å². The Labute approximate surface area is 164 Å². The van der Waals surface area contributed by atoms with Crippen molar-refractivity contribution in [1.82, 2.24) is 19.8 Å². The van der Waals surface area contributed by atoms with Gasteiger partial charge in [0.05, 0.1) is 29.7 Å². The van der Waals surface area contributed by atoms with Crippen molar-refractivity contribution < 1.29 is 4.74 Å². The average molecular weight is 378 g/mol. The van der Waals surface area contributed by atoms with E-state index in [4.69, 9.17) is 9.72 Å². The fourth-order valence-corrected chi connectivity index (χ4v) is 3.68. The lowest BCUT2D eigenvalue weighted by atomic mass is 10.1. The van der Waals surface area contributed by atoms with Crippen molar-refractivity contribution in [2.75, 3.05) is 32.8 Å². The molecule has 0 bridgehead atoms. The molecule has 2 aromatic carbocycles. The summed E-state index contributed by atoms with van der Waals surface area (Å²) in [6.45, 7) is 8.92. The van der Waals surface area contributed by atoms with Gasteiger partial charge < -0.3 is 10.1 Å². The highest BCUT2D eigenvalue weighted by Crippen LogP contribution is 2.24. The predicted octanol–water partition coefficient (Wildman–Crippen LogP) is 2.50. The minimum Gasteiger partial charge on any atom is -0.492 e. The first-order chi connectivity index (χ1) is 13.7. The number of fused-ring (bicyclic) bond motifs is 1. The predicted molar refractivity (Wildman–Crippen MR) is 111 cm³/mol. The number of aryl methyl sites for hydroxylation is 1. The van der Waals surface area contributed by atoms with Crippen LogP contribution >= 0.6 is 0 Å². The maximum atomic E-state index is 13.5. The summed E-state index contributed by atoms with van der Waals surface area (Å²) < 4.78 is 7.54. The third-order valence-corrected chi connectivity index (χ3v) is 5.07. The van der Waals surface area contributed by atoms with E-state index in [1.54, 1.807) is 4.57 Å². The highest BCUT2D eigenvalue weighted by Gasteiger charge is 2.19. The van der Waals surface area contributed by atoms with Gasteiger partial charge in [-0.25, -0.2) is 4.98 Å². The van der Waals surface area contributed by atoms with Gasteiger partial charge in [-0.3, -0.25) is 14.3 Å². The second-order valence-corrected chi connectivity index (χ2v) is 7.12. The third kappa shape index (κ3) is 3.66. The zero-order valence-electron chi connectivity index (χ0n) is 16.4. The smallest absolute Gasteiger partial charge is 0.266 e. The Morgan fingerprint density at radius 2 is 1.93 bits per heavy atom. The fraction of sp³-hybridized carbons (Fsp3) is 0.364. The number of hydrogen-bond donors (Lipinski definition) is 1. The summed E-state index contributed by atoms with van der Waals surface area (Å²) in [5, 5.41) is 4.00. The van der Waals surface area contributed by atoms with Crippen LogP contribution in [0, 0.1) is 6.92 Å². The van der Waals surface area contributed by atoms with Crippen LogP contribution < -0.4 is 15.6 Å². The van der Waals surface area contributed by atoms with Crippen LogP contribution in [0.4, 0.5) is 0 Å². The Hall–Kier alpha value is -2.70. The lowest BCUT2D eigenvalue weighted by molar-refractivity contribution is 0.226. The molecule has 3 aromatic rings. The summed E-state index contributed by atoms with van der Waals surface area (Å²) in [7, 11) is 0. The molecule has 0 radical (unpaired) electrons. The zero-order chi connectivity index (χ0) is 19.5. The molecule has 1 fully saturated rings. The summed E-state index contributed by atoms with van der Waals surface area (Å²) in [5.74, 6) is 1.44. The van der Waals surface area contributed by atoms with Gasteiger partial charge >= 0.3 is 0 Å². The molecule has 4 rings (SSSR count). The number of nitrogens with one attached hydrogen (secondary N) is 1. The number of rotatable bonds is 5. The zero-order valence-corrected chi connectivity index (χ0v) is 16.4. The van der Waals surface area contributed by atoms with Crippen LogP contribution in [0.3, 0.4) is 0 Å². The maximum Gasteiger partial charge on any atom is 0.266 e. The van der Waals surface area contributed by atoms with Crippen molar-refractivity contribution in [3.63, 3.8) is 0 Å². The summed E-state index contributed by atoms with van der Waals surface area (Å²) in [5.41, 5.74) is 2.54. The van der Waals surface area contributed by atoms with Gasteiger partial charge in [0.15, 0.2) is 0 Å². The molecule has 6 nitrogen and oxygen atoms in total. The van der Waals surface area contributed by atoms with Gasteiger partial charge in [-0.1, -0.05) is 18.2 Å². The molecule has 1 saturated heterocycles. The van der Waals surface area contributed by atoms with Gasteiger partial charge in [0, 0.05) is 26.2 Å². The molecular formula is C22H26N4O2. The molecule has 0 spiro atoms. The molecule has 1 N–H and O–H groups in total. The van der Waals surface area contributed by atoms with Gasteiger partial charge in [0.2, 0.25) is 0 Å². The molecule has 6 heteroatoms. The minimum atomic E-state index is -0.0534. The van der Waals surface area contributed by atoms with Crippen molar-refractivity contribution in [2.24, 2.45) is 0 Å². The van der Waals surface area contributed by atoms with E-state index in [0.717, 1.165) is 48.8 Å². The number of benzene rings is 2. The molecule has 0 amide bonds. The van der Waals surface area contributed by atoms with Gasteiger partial charge in [0.25, 0.3) is 5.56 Å². The van der Waals surface area contributed by atoms with Gasteiger partial charge in [-0.15, -0.1) is 0 Å². The Bertz CT molecular complexity index is 1040.